The van der Waals surface area contributed by atoms with E-state index in [4.69, 9.17) is 0 Å². The summed E-state index contributed by atoms with van der Waals surface area (Å²) in [7, 11) is 0. The Bertz CT molecular complexity index is 803. The van der Waals surface area contributed by atoms with Crippen LogP contribution in [-0.4, -0.2) is 14.9 Å². The lowest BCUT2D eigenvalue weighted by atomic mass is 10.1. The third kappa shape index (κ3) is 2.42. The van der Waals surface area contributed by atoms with Crippen LogP contribution in [0.5, 0.6) is 5.75 Å². The van der Waals surface area contributed by atoms with Crippen molar-refractivity contribution < 1.29 is 5.11 Å². The van der Waals surface area contributed by atoms with Crippen LogP contribution < -0.4 is 0 Å². The summed E-state index contributed by atoms with van der Waals surface area (Å²) in [6.45, 7) is 5.91. The van der Waals surface area contributed by atoms with Crippen molar-refractivity contribution in [3.05, 3.63) is 65.4 Å². The molecular formula is C18H18N2O. The highest BCUT2D eigenvalue weighted by atomic mass is 16.3. The third-order valence-electron chi connectivity index (χ3n) is 3.57. The van der Waals surface area contributed by atoms with Gasteiger partial charge in [-0.2, -0.15) is 5.10 Å². The zero-order chi connectivity index (χ0) is 15.0. The summed E-state index contributed by atoms with van der Waals surface area (Å²) in [6.07, 6.45) is 0. The fourth-order valence-corrected chi connectivity index (χ4v) is 2.52. The Kier molecular flexibility index (Phi) is 3.26. The number of aromatic nitrogens is 2. The van der Waals surface area contributed by atoms with Gasteiger partial charge in [0.2, 0.25) is 0 Å². The predicted octanol–water partition coefficient (Wildman–Crippen LogP) is 4.17. The van der Waals surface area contributed by atoms with Gasteiger partial charge in [0.15, 0.2) is 5.75 Å². The number of hydrogen-bond donors (Lipinski definition) is 1. The van der Waals surface area contributed by atoms with Crippen molar-refractivity contribution >= 4 is 0 Å². The SMILES string of the molecule is Cc1cccc(-c2c(O)c(C)nn2-c2cccc(C)c2)c1. The maximum absolute atomic E-state index is 10.4. The lowest BCUT2D eigenvalue weighted by Crippen LogP contribution is -1.99. The van der Waals surface area contributed by atoms with Gasteiger partial charge in [0.05, 0.1) is 5.69 Å². The Morgan fingerprint density at radius 3 is 2.24 bits per heavy atom. The number of benzene rings is 2. The molecule has 0 amide bonds. The molecule has 1 aromatic heterocycles. The van der Waals surface area contributed by atoms with Crippen LogP contribution in [0.1, 0.15) is 16.8 Å². The number of aromatic hydroxyl groups is 1. The molecule has 106 valence electrons. The first-order valence-electron chi connectivity index (χ1n) is 6.99. The molecule has 0 atom stereocenters. The van der Waals surface area contributed by atoms with Crippen LogP contribution in [-0.2, 0) is 0 Å². The molecule has 0 radical (unpaired) electrons. The summed E-state index contributed by atoms with van der Waals surface area (Å²) in [5, 5.41) is 14.9. The molecule has 1 heterocycles. The second kappa shape index (κ2) is 5.09. The second-order valence-electron chi connectivity index (χ2n) is 5.40. The first-order chi connectivity index (χ1) is 10.1. The second-order valence-corrected chi connectivity index (χ2v) is 5.40. The molecule has 0 aliphatic heterocycles. The van der Waals surface area contributed by atoms with Gasteiger partial charge in [0.1, 0.15) is 11.4 Å². The molecule has 3 rings (SSSR count). The minimum absolute atomic E-state index is 0.238. The topological polar surface area (TPSA) is 38.1 Å². The van der Waals surface area contributed by atoms with E-state index in [9.17, 15) is 5.11 Å². The van der Waals surface area contributed by atoms with E-state index < -0.39 is 0 Å². The maximum atomic E-state index is 10.4. The number of nitrogens with zero attached hydrogens (tertiary/aromatic N) is 2. The van der Waals surface area contributed by atoms with Crippen LogP contribution >= 0.6 is 0 Å². The quantitative estimate of drug-likeness (QED) is 0.764. The van der Waals surface area contributed by atoms with Crippen molar-refractivity contribution in [2.45, 2.75) is 20.8 Å². The molecule has 0 fully saturated rings. The van der Waals surface area contributed by atoms with E-state index in [0.29, 0.717) is 5.69 Å². The smallest absolute Gasteiger partial charge is 0.165 e. The molecule has 0 aliphatic rings. The zero-order valence-electron chi connectivity index (χ0n) is 12.5. The van der Waals surface area contributed by atoms with Crippen molar-refractivity contribution in [3.63, 3.8) is 0 Å². The lowest BCUT2D eigenvalue weighted by Gasteiger charge is -2.09. The predicted molar refractivity (Wildman–Crippen MR) is 84.9 cm³/mol. The highest BCUT2D eigenvalue weighted by Crippen LogP contribution is 2.34. The monoisotopic (exact) mass is 278 g/mol. The van der Waals surface area contributed by atoms with E-state index in [1.807, 2.05) is 61.9 Å². The van der Waals surface area contributed by atoms with Crippen LogP contribution in [0, 0.1) is 20.8 Å². The van der Waals surface area contributed by atoms with E-state index in [0.717, 1.165) is 28.1 Å². The Morgan fingerprint density at radius 1 is 0.905 bits per heavy atom. The Hall–Kier alpha value is -2.55. The van der Waals surface area contributed by atoms with Gasteiger partial charge >= 0.3 is 0 Å². The van der Waals surface area contributed by atoms with Crippen LogP contribution in [0.15, 0.2) is 48.5 Å². The molecule has 2 aromatic carbocycles. The van der Waals surface area contributed by atoms with E-state index in [1.54, 1.807) is 0 Å². The van der Waals surface area contributed by atoms with Crippen molar-refractivity contribution in [1.82, 2.24) is 9.78 Å². The number of hydrogen-bond acceptors (Lipinski definition) is 2. The molecular weight excluding hydrogens is 260 g/mol. The lowest BCUT2D eigenvalue weighted by molar-refractivity contribution is 0.473. The van der Waals surface area contributed by atoms with Gasteiger partial charge in [-0.05, 0) is 44.5 Å². The maximum Gasteiger partial charge on any atom is 0.165 e. The fraction of sp³-hybridized carbons (Fsp3) is 0.167. The molecule has 0 spiro atoms. The Morgan fingerprint density at radius 2 is 1.57 bits per heavy atom. The molecule has 0 unspecified atom stereocenters. The van der Waals surface area contributed by atoms with E-state index in [1.165, 1.54) is 0 Å². The fourth-order valence-electron chi connectivity index (χ4n) is 2.52. The van der Waals surface area contributed by atoms with E-state index in [2.05, 4.69) is 17.2 Å². The standard InChI is InChI=1S/C18H18N2O/c1-12-6-4-8-15(10-12)17-18(21)14(3)19-20(17)16-9-5-7-13(2)11-16/h4-11,21H,1-3H3. The summed E-state index contributed by atoms with van der Waals surface area (Å²) < 4.78 is 1.81. The Labute approximate surface area is 124 Å². The first-order valence-corrected chi connectivity index (χ1v) is 6.99. The van der Waals surface area contributed by atoms with Crippen molar-refractivity contribution in [3.8, 4) is 22.7 Å². The molecule has 21 heavy (non-hydrogen) atoms. The summed E-state index contributed by atoms with van der Waals surface area (Å²) in [5.74, 6) is 0.238. The van der Waals surface area contributed by atoms with Gasteiger partial charge in [-0.25, -0.2) is 4.68 Å². The first kappa shape index (κ1) is 13.4. The molecule has 0 aliphatic carbocycles. The minimum Gasteiger partial charge on any atom is -0.504 e. The summed E-state index contributed by atoms with van der Waals surface area (Å²) in [6, 6.07) is 16.2. The van der Waals surface area contributed by atoms with Gasteiger partial charge < -0.3 is 5.11 Å². The van der Waals surface area contributed by atoms with E-state index >= 15 is 0 Å². The van der Waals surface area contributed by atoms with Crippen molar-refractivity contribution in [1.29, 1.82) is 0 Å². The minimum atomic E-state index is 0.238. The van der Waals surface area contributed by atoms with Crippen LogP contribution in [0.2, 0.25) is 0 Å². The van der Waals surface area contributed by atoms with Gasteiger partial charge in [-0.3, -0.25) is 0 Å². The summed E-state index contributed by atoms with van der Waals surface area (Å²) in [4.78, 5) is 0. The highest BCUT2D eigenvalue weighted by molar-refractivity contribution is 5.70. The van der Waals surface area contributed by atoms with Crippen molar-refractivity contribution in [2.24, 2.45) is 0 Å². The molecule has 0 saturated carbocycles. The van der Waals surface area contributed by atoms with Gasteiger partial charge in [-0.1, -0.05) is 35.9 Å². The largest absolute Gasteiger partial charge is 0.504 e. The Balaban J connectivity index is 2.25. The summed E-state index contributed by atoms with van der Waals surface area (Å²) >= 11 is 0. The molecule has 3 aromatic rings. The van der Waals surface area contributed by atoms with Gasteiger partial charge in [0, 0.05) is 5.56 Å². The average Bonchev–Trinajstić information content (AvgIpc) is 2.75. The molecule has 0 bridgehead atoms. The van der Waals surface area contributed by atoms with Crippen LogP contribution in [0.3, 0.4) is 0 Å². The van der Waals surface area contributed by atoms with E-state index in [-0.39, 0.29) is 5.75 Å². The van der Waals surface area contributed by atoms with Crippen molar-refractivity contribution in [2.75, 3.05) is 0 Å². The third-order valence-corrected chi connectivity index (χ3v) is 3.57. The van der Waals surface area contributed by atoms with Gasteiger partial charge in [0.25, 0.3) is 0 Å². The van der Waals surface area contributed by atoms with Crippen LogP contribution in [0.4, 0.5) is 0 Å². The van der Waals surface area contributed by atoms with Gasteiger partial charge in [-0.15, -0.1) is 0 Å². The normalized spacial score (nSPS) is 10.8. The molecule has 0 saturated heterocycles. The summed E-state index contributed by atoms with van der Waals surface area (Å²) in [5.41, 5.74) is 5.61. The number of rotatable bonds is 2. The zero-order valence-corrected chi connectivity index (χ0v) is 12.5. The van der Waals surface area contributed by atoms with Crippen LogP contribution in [0.25, 0.3) is 16.9 Å². The molecule has 1 N–H and O–H groups in total. The number of aryl methyl sites for hydroxylation is 3. The molecule has 3 heteroatoms. The average molecular weight is 278 g/mol. The molecule has 3 nitrogen and oxygen atoms in total. The highest BCUT2D eigenvalue weighted by Gasteiger charge is 2.17.